The number of hydrogen-bond donors (Lipinski definition) is 3. The summed E-state index contributed by atoms with van der Waals surface area (Å²) in [5.74, 6) is -0.545. The summed E-state index contributed by atoms with van der Waals surface area (Å²) in [6.45, 7) is 1.66. The van der Waals surface area contributed by atoms with E-state index in [1.807, 2.05) is 36.5 Å². The first-order valence-corrected chi connectivity index (χ1v) is 7.08. The van der Waals surface area contributed by atoms with Crippen LogP contribution in [0.1, 0.15) is 18.9 Å². The molecule has 3 N–H and O–H groups in total. The van der Waals surface area contributed by atoms with Gasteiger partial charge in [-0.25, -0.2) is 0 Å². The zero-order valence-electron chi connectivity index (χ0n) is 12.3. The molecule has 6 heteroatoms. The third-order valence-electron chi connectivity index (χ3n) is 3.33. The van der Waals surface area contributed by atoms with Crippen molar-refractivity contribution in [2.24, 2.45) is 0 Å². The molecule has 1 heterocycles. The van der Waals surface area contributed by atoms with Crippen LogP contribution < -0.4 is 10.6 Å². The molecular formula is C16H18N4O2. The van der Waals surface area contributed by atoms with Gasteiger partial charge in [-0.2, -0.15) is 5.26 Å². The molecule has 1 atom stereocenters. The molecule has 1 unspecified atom stereocenters. The van der Waals surface area contributed by atoms with E-state index in [1.165, 1.54) is 6.92 Å². The number of carbonyl (C=O) groups excluding carboxylic acids is 2. The van der Waals surface area contributed by atoms with E-state index in [2.05, 4.69) is 15.6 Å². The molecule has 0 bridgehead atoms. The van der Waals surface area contributed by atoms with Crippen molar-refractivity contribution < 1.29 is 9.59 Å². The van der Waals surface area contributed by atoms with Gasteiger partial charge in [0.1, 0.15) is 6.04 Å². The summed E-state index contributed by atoms with van der Waals surface area (Å²) in [7, 11) is 0. The third kappa shape index (κ3) is 3.85. The lowest BCUT2D eigenvalue weighted by molar-refractivity contribution is -0.128. The zero-order valence-corrected chi connectivity index (χ0v) is 12.3. The van der Waals surface area contributed by atoms with Gasteiger partial charge >= 0.3 is 0 Å². The fraction of sp³-hybridized carbons (Fsp3) is 0.312. The molecule has 1 aromatic carbocycles. The number of aromatic amines is 1. The van der Waals surface area contributed by atoms with Gasteiger partial charge in [0.2, 0.25) is 11.8 Å². The maximum Gasteiger partial charge on any atom is 0.242 e. The van der Waals surface area contributed by atoms with Crippen molar-refractivity contribution in [1.29, 1.82) is 5.26 Å². The number of aromatic nitrogens is 1. The van der Waals surface area contributed by atoms with Crippen LogP contribution in [0.3, 0.4) is 0 Å². The van der Waals surface area contributed by atoms with E-state index in [4.69, 9.17) is 5.26 Å². The molecule has 0 aliphatic heterocycles. The van der Waals surface area contributed by atoms with Gasteiger partial charge in [-0.3, -0.25) is 9.59 Å². The highest BCUT2D eigenvalue weighted by Gasteiger charge is 2.20. The van der Waals surface area contributed by atoms with Crippen LogP contribution in [0, 0.1) is 11.3 Å². The largest absolute Gasteiger partial charge is 0.361 e. The summed E-state index contributed by atoms with van der Waals surface area (Å²) in [5.41, 5.74) is 1.95. The summed E-state index contributed by atoms with van der Waals surface area (Å²) in [6.07, 6.45) is 2.48. The highest BCUT2D eigenvalue weighted by molar-refractivity contribution is 5.89. The first-order valence-electron chi connectivity index (χ1n) is 7.08. The molecule has 0 aliphatic rings. The summed E-state index contributed by atoms with van der Waals surface area (Å²) < 4.78 is 0. The van der Waals surface area contributed by atoms with Crippen LogP contribution in [0.5, 0.6) is 0 Å². The lowest BCUT2D eigenvalue weighted by Gasteiger charge is -2.17. The minimum atomic E-state index is -0.657. The molecular weight excluding hydrogens is 280 g/mol. The zero-order chi connectivity index (χ0) is 15.9. The summed E-state index contributed by atoms with van der Waals surface area (Å²) in [4.78, 5) is 26.7. The number of carbonyl (C=O) groups is 2. The third-order valence-corrected chi connectivity index (χ3v) is 3.33. The first kappa shape index (κ1) is 15.6. The highest BCUT2D eigenvalue weighted by Crippen LogP contribution is 2.19. The second-order valence-electron chi connectivity index (χ2n) is 5.02. The Morgan fingerprint density at radius 2 is 2.14 bits per heavy atom. The molecule has 0 aliphatic carbocycles. The predicted octanol–water partition coefficient (Wildman–Crippen LogP) is 1.24. The molecule has 6 nitrogen and oxygen atoms in total. The molecule has 2 rings (SSSR count). The molecule has 0 fully saturated rings. The van der Waals surface area contributed by atoms with Crippen molar-refractivity contribution in [1.82, 2.24) is 15.6 Å². The molecule has 0 saturated heterocycles. The second-order valence-corrected chi connectivity index (χ2v) is 5.02. The van der Waals surface area contributed by atoms with Gasteiger partial charge in [-0.1, -0.05) is 18.2 Å². The number of para-hydroxylation sites is 1. The van der Waals surface area contributed by atoms with Crippen molar-refractivity contribution in [3.8, 4) is 6.07 Å². The number of benzene rings is 1. The van der Waals surface area contributed by atoms with Crippen molar-refractivity contribution in [3.05, 3.63) is 36.0 Å². The van der Waals surface area contributed by atoms with E-state index in [1.54, 1.807) is 0 Å². The van der Waals surface area contributed by atoms with E-state index in [9.17, 15) is 9.59 Å². The highest BCUT2D eigenvalue weighted by atomic mass is 16.2. The van der Waals surface area contributed by atoms with E-state index >= 15 is 0 Å². The SMILES string of the molecule is CC(=O)NC(Cc1c[nH]c2ccccc12)C(=O)NCCC#N. The Balaban J connectivity index is 2.14. The number of H-pyrrole nitrogens is 1. The Morgan fingerprint density at radius 3 is 2.86 bits per heavy atom. The Hall–Kier alpha value is -2.81. The average Bonchev–Trinajstić information content (AvgIpc) is 2.90. The Labute approximate surface area is 128 Å². The predicted molar refractivity (Wildman–Crippen MR) is 82.8 cm³/mol. The van der Waals surface area contributed by atoms with Crippen LogP contribution in [-0.4, -0.2) is 29.4 Å². The number of fused-ring (bicyclic) bond motifs is 1. The van der Waals surface area contributed by atoms with Gasteiger partial charge in [0.15, 0.2) is 0 Å². The minimum Gasteiger partial charge on any atom is -0.361 e. The lowest BCUT2D eigenvalue weighted by atomic mass is 10.0. The van der Waals surface area contributed by atoms with Crippen molar-refractivity contribution >= 4 is 22.7 Å². The normalized spacial score (nSPS) is 11.6. The Bertz CT molecular complexity index is 714. The van der Waals surface area contributed by atoms with Gasteiger partial charge in [0, 0.05) is 37.0 Å². The molecule has 2 amide bonds. The molecule has 0 radical (unpaired) electrons. The van der Waals surface area contributed by atoms with Crippen molar-refractivity contribution in [2.45, 2.75) is 25.8 Å². The van der Waals surface area contributed by atoms with Gasteiger partial charge in [-0.05, 0) is 11.6 Å². The van der Waals surface area contributed by atoms with Gasteiger partial charge in [0.05, 0.1) is 12.5 Å². The minimum absolute atomic E-state index is 0.242. The Morgan fingerprint density at radius 1 is 1.36 bits per heavy atom. The van der Waals surface area contributed by atoms with Crippen LogP contribution >= 0.6 is 0 Å². The fourth-order valence-corrected chi connectivity index (χ4v) is 2.34. The van der Waals surface area contributed by atoms with Crippen molar-refractivity contribution in [2.75, 3.05) is 6.54 Å². The number of nitriles is 1. The fourth-order valence-electron chi connectivity index (χ4n) is 2.34. The van der Waals surface area contributed by atoms with E-state index < -0.39 is 6.04 Å². The number of rotatable bonds is 6. The maximum atomic E-state index is 12.2. The van der Waals surface area contributed by atoms with E-state index in [-0.39, 0.29) is 24.8 Å². The molecule has 0 saturated carbocycles. The molecule has 2 aromatic rings. The molecule has 1 aromatic heterocycles. The summed E-state index contributed by atoms with van der Waals surface area (Å²) in [5, 5.41) is 14.9. The number of hydrogen-bond acceptors (Lipinski definition) is 3. The maximum absolute atomic E-state index is 12.2. The van der Waals surface area contributed by atoms with Crippen LogP contribution in [0.4, 0.5) is 0 Å². The quantitative estimate of drug-likeness (QED) is 0.700. The van der Waals surface area contributed by atoms with Crippen LogP contribution in [-0.2, 0) is 16.0 Å². The van der Waals surface area contributed by atoms with Crippen LogP contribution in [0.15, 0.2) is 30.5 Å². The molecule has 0 spiro atoms. The lowest BCUT2D eigenvalue weighted by Crippen LogP contribution is -2.47. The first-order chi connectivity index (χ1) is 10.6. The standard InChI is InChI=1S/C16H18N4O2/c1-11(21)20-15(16(22)18-8-4-7-17)9-12-10-19-14-6-3-2-5-13(12)14/h2-3,5-6,10,15,19H,4,8-9H2,1H3,(H,18,22)(H,20,21). The van der Waals surface area contributed by atoms with E-state index in [0.29, 0.717) is 6.42 Å². The van der Waals surface area contributed by atoms with Gasteiger partial charge < -0.3 is 15.6 Å². The van der Waals surface area contributed by atoms with Crippen molar-refractivity contribution in [3.63, 3.8) is 0 Å². The summed E-state index contributed by atoms with van der Waals surface area (Å²) >= 11 is 0. The van der Waals surface area contributed by atoms with Gasteiger partial charge in [0.25, 0.3) is 0 Å². The number of nitrogens with zero attached hydrogens (tertiary/aromatic N) is 1. The monoisotopic (exact) mass is 298 g/mol. The smallest absolute Gasteiger partial charge is 0.242 e. The number of amides is 2. The van der Waals surface area contributed by atoms with Crippen LogP contribution in [0.25, 0.3) is 10.9 Å². The average molecular weight is 298 g/mol. The van der Waals surface area contributed by atoms with Crippen LogP contribution in [0.2, 0.25) is 0 Å². The second kappa shape index (κ2) is 7.27. The van der Waals surface area contributed by atoms with E-state index in [0.717, 1.165) is 16.5 Å². The molecule has 22 heavy (non-hydrogen) atoms. The topological polar surface area (TPSA) is 97.8 Å². The van der Waals surface area contributed by atoms with Gasteiger partial charge in [-0.15, -0.1) is 0 Å². The Kier molecular flexibility index (Phi) is 5.15. The molecule has 114 valence electrons. The number of nitrogens with one attached hydrogen (secondary N) is 3. The summed E-state index contributed by atoms with van der Waals surface area (Å²) in [6, 6.07) is 9.10.